The molecule has 1 aliphatic heterocycles. The summed E-state index contributed by atoms with van der Waals surface area (Å²) < 4.78 is 4.97. The van der Waals surface area contributed by atoms with E-state index in [9.17, 15) is 9.59 Å². The zero-order chi connectivity index (χ0) is 17.8. The molecule has 1 amide bonds. The van der Waals surface area contributed by atoms with Gasteiger partial charge in [0.25, 0.3) is 0 Å². The molecule has 7 heteroatoms. The molecule has 0 unspecified atom stereocenters. The number of aliphatic imine (C=N–C) groups is 1. The molecule has 2 heterocycles. The first kappa shape index (κ1) is 17.1. The van der Waals surface area contributed by atoms with Crippen molar-refractivity contribution in [3.8, 4) is 0 Å². The van der Waals surface area contributed by atoms with Crippen molar-refractivity contribution in [3.63, 3.8) is 0 Å². The molecule has 2 aromatic rings. The van der Waals surface area contributed by atoms with Gasteiger partial charge in [0.2, 0.25) is 5.91 Å². The van der Waals surface area contributed by atoms with Crippen molar-refractivity contribution < 1.29 is 14.3 Å². The van der Waals surface area contributed by atoms with Crippen LogP contribution in [0.4, 0.5) is 5.69 Å². The number of carbonyl (C=O) groups is 2. The molecule has 0 aliphatic carbocycles. The van der Waals surface area contributed by atoms with Gasteiger partial charge in [-0.2, -0.15) is 0 Å². The van der Waals surface area contributed by atoms with Crippen molar-refractivity contribution in [1.29, 1.82) is 0 Å². The van der Waals surface area contributed by atoms with Crippen molar-refractivity contribution in [2.75, 3.05) is 24.6 Å². The Bertz CT molecular complexity index is 837. The number of fused-ring (bicyclic) bond motifs is 1. The summed E-state index contributed by atoms with van der Waals surface area (Å²) in [6.45, 7) is 1.69. The number of carbonyl (C=O) groups excluding carboxylic acids is 2. The number of pyridine rings is 1. The molecular weight excluding hydrogens is 342 g/mol. The summed E-state index contributed by atoms with van der Waals surface area (Å²) in [5, 5.41) is 0.285. The molecular formula is C18H16ClN3O3. The molecule has 0 radical (unpaired) electrons. The van der Waals surface area contributed by atoms with E-state index in [0.29, 0.717) is 17.1 Å². The molecule has 25 heavy (non-hydrogen) atoms. The van der Waals surface area contributed by atoms with Gasteiger partial charge in [0.15, 0.2) is 0 Å². The first-order valence-electron chi connectivity index (χ1n) is 7.83. The molecule has 6 nitrogen and oxygen atoms in total. The minimum Gasteiger partial charge on any atom is -0.465 e. The second-order valence-corrected chi connectivity index (χ2v) is 5.70. The van der Waals surface area contributed by atoms with Crippen LogP contribution in [0.3, 0.4) is 0 Å². The molecule has 1 aliphatic rings. The predicted molar refractivity (Wildman–Crippen MR) is 95.2 cm³/mol. The Morgan fingerprint density at radius 1 is 1.24 bits per heavy atom. The Morgan fingerprint density at radius 3 is 2.72 bits per heavy atom. The van der Waals surface area contributed by atoms with Gasteiger partial charge in [-0.05, 0) is 19.1 Å². The second kappa shape index (κ2) is 7.44. The highest BCUT2D eigenvalue weighted by Crippen LogP contribution is 2.27. The number of amides is 1. The minimum absolute atomic E-state index is 0.0857. The quantitative estimate of drug-likeness (QED) is 0.622. The third-order valence-corrected chi connectivity index (χ3v) is 3.88. The van der Waals surface area contributed by atoms with Crippen LogP contribution in [0.1, 0.15) is 18.2 Å². The van der Waals surface area contributed by atoms with Crippen LogP contribution in [0.25, 0.3) is 0 Å². The molecule has 0 fully saturated rings. The Labute approximate surface area is 150 Å². The first-order valence-corrected chi connectivity index (χ1v) is 8.20. The van der Waals surface area contributed by atoms with Crippen LogP contribution in [0.2, 0.25) is 5.15 Å². The second-order valence-electron chi connectivity index (χ2n) is 5.32. The Morgan fingerprint density at radius 2 is 2.00 bits per heavy atom. The van der Waals surface area contributed by atoms with E-state index in [-0.39, 0.29) is 30.8 Å². The number of nitrogens with zero attached hydrogens (tertiary/aromatic N) is 3. The molecule has 0 saturated heterocycles. The van der Waals surface area contributed by atoms with E-state index in [1.807, 2.05) is 30.3 Å². The van der Waals surface area contributed by atoms with Gasteiger partial charge in [-0.15, -0.1) is 0 Å². The van der Waals surface area contributed by atoms with Crippen LogP contribution >= 0.6 is 11.6 Å². The minimum atomic E-state index is -0.486. The van der Waals surface area contributed by atoms with Crippen LogP contribution in [0.15, 0.2) is 47.5 Å². The van der Waals surface area contributed by atoms with Gasteiger partial charge in [0.05, 0.1) is 18.0 Å². The smallest absolute Gasteiger partial charge is 0.326 e. The average Bonchev–Trinajstić information content (AvgIpc) is 2.73. The fourth-order valence-corrected chi connectivity index (χ4v) is 2.74. The largest absolute Gasteiger partial charge is 0.465 e. The van der Waals surface area contributed by atoms with Crippen molar-refractivity contribution >= 4 is 34.9 Å². The van der Waals surface area contributed by atoms with Crippen LogP contribution in [0.5, 0.6) is 0 Å². The van der Waals surface area contributed by atoms with Crippen LogP contribution in [0, 0.1) is 0 Å². The van der Waals surface area contributed by atoms with Crippen LogP contribution in [-0.2, 0) is 14.3 Å². The summed E-state index contributed by atoms with van der Waals surface area (Å²) in [6, 6.07) is 12.7. The third-order valence-electron chi connectivity index (χ3n) is 3.67. The number of esters is 1. The molecule has 3 rings (SSSR count). The maximum Gasteiger partial charge on any atom is 0.326 e. The number of hydrogen-bond acceptors (Lipinski definition) is 5. The molecule has 1 aromatic carbocycles. The Balaban J connectivity index is 2.08. The van der Waals surface area contributed by atoms with E-state index in [4.69, 9.17) is 16.3 Å². The van der Waals surface area contributed by atoms with E-state index in [1.54, 1.807) is 19.1 Å². The van der Waals surface area contributed by atoms with Gasteiger partial charge < -0.3 is 4.74 Å². The summed E-state index contributed by atoms with van der Waals surface area (Å²) in [7, 11) is 0. The van der Waals surface area contributed by atoms with E-state index >= 15 is 0 Å². The fourth-order valence-electron chi connectivity index (χ4n) is 2.59. The molecule has 0 atom stereocenters. The molecule has 128 valence electrons. The molecule has 0 bridgehead atoms. The maximum absolute atomic E-state index is 12.5. The first-order chi connectivity index (χ1) is 12.1. The lowest BCUT2D eigenvalue weighted by atomic mass is 10.1. The summed E-state index contributed by atoms with van der Waals surface area (Å²) in [6.07, 6.45) is 0. The summed E-state index contributed by atoms with van der Waals surface area (Å²) in [4.78, 5) is 34.5. The van der Waals surface area contributed by atoms with Gasteiger partial charge in [0.1, 0.15) is 23.9 Å². The summed E-state index contributed by atoms with van der Waals surface area (Å²) in [5.41, 5.74) is 2.35. The van der Waals surface area contributed by atoms with Gasteiger partial charge in [0, 0.05) is 5.56 Å². The highest BCUT2D eigenvalue weighted by atomic mass is 35.5. The lowest BCUT2D eigenvalue weighted by Gasteiger charge is -2.21. The van der Waals surface area contributed by atoms with Crippen molar-refractivity contribution in [2.45, 2.75) is 6.92 Å². The highest BCUT2D eigenvalue weighted by molar-refractivity contribution is 6.30. The Kier molecular flexibility index (Phi) is 5.09. The summed E-state index contributed by atoms with van der Waals surface area (Å²) >= 11 is 6.06. The molecule has 0 spiro atoms. The average molecular weight is 358 g/mol. The number of anilines is 1. The predicted octanol–water partition coefficient (Wildman–Crippen LogP) is 2.48. The Hall–Kier alpha value is -2.73. The van der Waals surface area contributed by atoms with E-state index in [1.165, 1.54) is 4.90 Å². The SMILES string of the molecule is CCOC(=O)CN1C(=O)CN=C(c2ccccc2)c2nc(Cl)ccc21. The molecule has 0 saturated carbocycles. The normalized spacial score (nSPS) is 13.8. The van der Waals surface area contributed by atoms with Gasteiger partial charge in [-0.3, -0.25) is 19.5 Å². The van der Waals surface area contributed by atoms with E-state index in [2.05, 4.69) is 9.98 Å². The van der Waals surface area contributed by atoms with Gasteiger partial charge in [-0.1, -0.05) is 41.9 Å². The monoisotopic (exact) mass is 357 g/mol. The number of rotatable bonds is 4. The zero-order valence-electron chi connectivity index (χ0n) is 13.6. The van der Waals surface area contributed by atoms with Crippen molar-refractivity contribution in [3.05, 3.63) is 58.9 Å². The van der Waals surface area contributed by atoms with Gasteiger partial charge in [-0.25, -0.2) is 4.98 Å². The van der Waals surface area contributed by atoms with Gasteiger partial charge >= 0.3 is 5.97 Å². The highest BCUT2D eigenvalue weighted by Gasteiger charge is 2.28. The van der Waals surface area contributed by atoms with Crippen molar-refractivity contribution in [2.24, 2.45) is 4.99 Å². The van der Waals surface area contributed by atoms with Crippen molar-refractivity contribution in [1.82, 2.24) is 4.98 Å². The number of hydrogen-bond donors (Lipinski definition) is 0. The topological polar surface area (TPSA) is 71.9 Å². The standard InChI is InChI=1S/C18H16ClN3O3/c1-2-25-16(24)11-22-13-8-9-14(19)21-18(13)17(20-10-15(22)23)12-6-4-3-5-7-12/h3-9H,2,10-11H2,1H3. The number of ether oxygens (including phenoxy) is 1. The number of halogens is 1. The zero-order valence-corrected chi connectivity index (χ0v) is 14.4. The van der Waals surface area contributed by atoms with Crippen LogP contribution < -0.4 is 4.90 Å². The summed E-state index contributed by atoms with van der Waals surface area (Å²) in [5.74, 6) is -0.788. The van der Waals surface area contributed by atoms with E-state index < -0.39 is 5.97 Å². The lowest BCUT2D eigenvalue weighted by Crippen LogP contribution is -2.38. The lowest BCUT2D eigenvalue weighted by molar-refractivity contribution is -0.142. The number of aromatic nitrogens is 1. The van der Waals surface area contributed by atoms with E-state index in [0.717, 1.165) is 5.56 Å². The molecule has 1 aromatic heterocycles. The fraction of sp³-hybridized carbons (Fsp3) is 0.222. The maximum atomic E-state index is 12.5. The van der Waals surface area contributed by atoms with Crippen LogP contribution in [-0.4, -0.2) is 42.3 Å². The number of benzene rings is 1. The molecule has 0 N–H and O–H groups in total. The third kappa shape index (κ3) is 3.69.